The predicted octanol–water partition coefficient (Wildman–Crippen LogP) is 0.264. The van der Waals surface area contributed by atoms with Crippen LogP contribution in [0.25, 0.3) is 0 Å². The Morgan fingerprint density at radius 1 is 1.23 bits per heavy atom. The SMILES string of the molecule is C[C@](N)(CO)c1cc(O)cc(O)c1. The molecule has 1 aromatic carbocycles. The predicted molar refractivity (Wildman–Crippen MR) is 48.4 cm³/mol. The van der Waals surface area contributed by atoms with E-state index >= 15 is 0 Å². The lowest BCUT2D eigenvalue weighted by molar-refractivity contribution is 0.209. The lowest BCUT2D eigenvalue weighted by Gasteiger charge is -2.22. The van der Waals surface area contributed by atoms with E-state index in [-0.39, 0.29) is 18.1 Å². The summed E-state index contributed by atoms with van der Waals surface area (Å²) in [5.74, 6) is -0.139. The highest BCUT2D eigenvalue weighted by Crippen LogP contribution is 2.26. The van der Waals surface area contributed by atoms with Crippen LogP contribution in [0.15, 0.2) is 18.2 Å². The molecule has 0 heterocycles. The van der Waals surface area contributed by atoms with E-state index in [0.29, 0.717) is 5.56 Å². The largest absolute Gasteiger partial charge is 0.508 e. The van der Waals surface area contributed by atoms with Gasteiger partial charge in [0.2, 0.25) is 0 Å². The first-order chi connectivity index (χ1) is 5.95. The Kier molecular flexibility index (Phi) is 2.45. The van der Waals surface area contributed by atoms with Crippen LogP contribution in [0.3, 0.4) is 0 Å². The number of hydrogen-bond acceptors (Lipinski definition) is 4. The number of nitrogens with two attached hydrogens (primary N) is 1. The maximum absolute atomic E-state index is 9.16. The standard InChI is InChI=1S/C9H13NO3/c1-9(10,5-11)6-2-7(12)4-8(13)3-6/h2-4,11-13H,5,10H2,1H3/t9-/m0/s1. The van der Waals surface area contributed by atoms with Crippen LogP contribution in [0.2, 0.25) is 0 Å². The van der Waals surface area contributed by atoms with Crippen LogP contribution in [0.5, 0.6) is 11.5 Å². The van der Waals surface area contributed by atoms with Crippen LogP contribution in [-0.4, -0.2) is 21.9 Å². The number of benzene rings is 1. The lowest BCUT2D eigenvalue weighted by Crippen LogP contribution is -2.36. The van der Waals surface area contributed by atoms with Gasteiger partial charge in [-0.25, -0.2) is 0 Å². The van der Waals surface area contributed by atoms with Gasteiger partial charge in [-0.05, 0) is 24.6 Å². The lowest BCUT2D eigenvalue weighted by atomic mass is 9.94. The molecule has 0 unspecified atom stereocenters. The van der Waals surface area contributed by atoms with Crippen molar-refractivity contribution in [1.29, 1.82) is 0 Å². The quantitative estimate of drug-likeness (QED) is 0.530. The van der Waals surface area contributed by atoms with Crippen LogP contribution < -0.4 is 5.73 Å². The van der Waals surface area contributed by atoms with Gasteiger partial charge in [-0.2, -0.15) is 0 Å². The molecule has 5 N–H and O–H groups in total. The van der Waals surface area contributed by atoms with Gasteiger partial charge in [0.25, 0.3) is 0 Å². The molecule has 13 heavy (non-hydrogen) atoms. The Morgan fingerprint density at radius 2 is 1.69 bits per heavy atom. The summed E-state index contributed by atoms with van der Waals surface area (Å²) in [5.41, 5.74) is 5.25. The molecule has 72 valence electrons. The number of phenolic OH excluding ortho intramolecular Hbond substituents is 2. The highest BCUT2D eigenvalue weighted by molar-refractivity contribution is 5.39. The molecule has 0 saturated carbocycles. The van der Waals surface area contributed by atoms with Crippen molar-refractivity contribution < 1.29 is 15.3 Å². The zero-order valence-electron chi connectivity index (χ0n) is 7.36. The van der Waals surface area contributed by atoms with E-state index in [1.54, 1.807) is 6.92 Å². The van der Waals surface area contributed by atoms with Gasteiger partial charge in [-0.1, -0.05) is 0 Å². The molecule has 0 saturated heterocycles. The van der Waals surface area contributed by atoms with Gasteiger partial charge in [0.05, 0.1) is 12.1 Å². The maximum atomic E-state index is 9.16. The van der Waals surface area contributed by atoms with E-state index in [9.17, 15) is 0 Å². The second-order valence-corrected chi connectivity index (χ2v) is 3.31. The summed E-state index contributed by atoms with van der Waals surface area (Å²) in [5, 5.41) is 27.3. The molecule has 0 aliphatic rings. The fourth-order valence-corrected chi connectivity index (χ4v) is 1.02. The zero-order valence-corrected chi connectivity index (χ0v) is 7.36. The van der Waals surface area contributed by atoms with Gasteiger partial charge in [0.15, 0.2) is 0 Å². The first-order valence-corrected chi connectivity index (χ1v) is 3.89. The summed E-state index contributed by atoms with van der Waals surface area (Å²) in [7, 11) is 0. The summed E-state index contributed by atoms with van der Waals surface area (Å²) in [6.07, 6.45) is 0. The van der Waals surface area contributed by atoms with Gasteiger partial charge in [-0.3, -0.25) is 0 Å². The van der Waals surface area contributed by atoms with E-state index in [1.807, 2.05) is 0 Å². The van der Waals surface area contributed by atoms with E-state index in [1.165, 1.54) is 18.2 Å². The second-order valence-electron chi connectivity index (χ2n) is 3.31. The monoisotopic (exact) mass is 183 g/mol. The first-order valence-electron chi connectivity index (χ1n) is 3.89. The normalized spacial score (nSPS) is 15.3. The molecule has 0 fully saturated rings. The Balaban J connectivity index is 3.15. The van der Waals surface area contributed by atoms with Crippen LogP contribution in [-0.2, 0) is 5.54 Å². The third-order valence-corrected chi connectivity index (χ3v) is 1.89. The van der Waals surface area contributed by atoms with Crippen molar-refractivity contribution in [2.75, 3.05) is 6.61 Å². The van der Waals surface area contributed by atoms with Crippen molar-refractivity contribution in [3.05, 3.63) is 23.8 Å². The molecular formula is C9H13NO3. The minimum absolute atomic E-state index is 0.0693. The van der Waals surface area contributed by atoms with Crippen molar-refractivity contribution in [3.8, 4) is 11.5 Å². The molecule has 1 aromatic rings. The summed E-state index contributed by atoms with van der Waals surface area (Å²) in [6, 6.07) is 4.03. The van der Waals surface area contributed by atoms with Crippen molar-refractivity contribution in [3.63, 3.8) is 0 Å². The molecule has 0 aliphatic carbocycles. The molecule has 0 aromatic heterocycles. The minimum atomic E-state index is -0.948. The fourth-order valence-electron chi connectivity index (χ4n) is 1.02. The third kappa shape index (κ3) is 2.11. The second kappa shape index (κ2) is 3.24. The van der Waals surface area contributed by atoms with E-state index in [0.717, 1.165) is 0 Å². The maximum Gasteiger partial charge on any atom is 0.119 e. The van der Waals surface area contributed by atoms with Crippen molar-refractivity contribution in [1.82, 2.24) is 0 Å². The van der Waals surface area contributed by atoms with Crippen LogP contribution >= 0.6 is 0 Å². The first kappa shape index (κ1) is 9.83. The molecule has 0 amide bonds. The van der Waals surface area contributed by atoms with Crippen LogP contribution in [0, 0.1) is 0 Å². The van der Waals surface area contributed by atoms with Crippen molar-refractivity contribution in [2.45, 2.75) is 12.5 Å². The van der Waals surface area contributed by atoms with E-state index < -0.39 is 5.54 Å². The molecule has 0 spiro atoms. The van der Waals surface area contributed by atoms with Gasteiger partial charge in [0, 0.05) is 6.07 Å². The summed E-state index contributed by atoms with van der Waals surface area (Å²) < 4.78 is 0. The van der Waals surface area contributed by atoms with Gasteiger partial charge in [0.1, 0.15) is 11.5 Å². The molecule has 1 rings (SSSR count). The van der Waals surface area contributed by atoms with Gasteiger partial charge >= 0.3 is 0 Å². The zero-order chi connectivity index (χ0) is 10.1. The van der Waals surface area contributed by atoms with Gasteiger partial charge in [-0.15, -0.1) is 0 Å². The summed E-state index contributed by atoms with van der Waals surface area (Å²) in [6.45, 7) is 1.36. The van der Waals surface area contributed by atoms with Crippen molar-refractivity contribution in [2.24, 2.45) is 5.73 Å². The summed E-state index contributed by atoms with van der Waals surface area (Å²) >= 11 is 0. The number of aliphatic hydroxyl groups is 1. The number of phenols is 2. The van der Waals surface area contributed by atoms with Gasteiger partial charge < -0.3 is 21.1 Å². The Bertz CT molecular complexity index is 289. The molecule has 1 atom stereocenters. The summed E-state index contributed by atoms with van der Waals surface area (Å²) in [4.78, 5) is 0. The van der Waals surface area contributed by atoms with Crippen LogP contribution in [0.4, 0.5) is 0 Å². The van der Waals surface area contributed by atoms with Crippen LogP contribution in [0.1, 0.15) is 12.5 Å². The highest BCUT2D eigenvalue weighted by Gasteiger charge is 2.20. The minimum Gasteiger partial charge on any atom is -0.508 e. The Morgan fingerprint density at radius 3 is 2.08 bits per heavy atom. The number of aliphatic hydroxyl groups excluding tert-OH is 1. The number of rotatable bonds is 2. The van der Waals surface area contributed by atoms with E-state index in [4.69, 9.17) is 21.1 Å². The smallest absolute Gasteiger partial charge is 0.119 e. The number of aromatic hydroxyl groups is 2. The Hall–Kier alpha value is -1.26. The topological polar surface area (TPSA) is 86.7 Å². The number of hydrogen-bond donors (Lipinski definition) is 4. The average Bonchev–Trinajstić information content (AvgIpc) is 2.02. The Labute approximate surface area is 76.2 Å². The van der Waals surface area contributed by atoms with Crippen molar-refractivity contribution >= 4 is 0 Å². The molecule has 0 aliphatic heterocycles. The highest BCUT2D eigenvalue weighted by atomic mass is 16.3. The molecule has 0 bridgehead atoms. The average molecular weight is 183 g/mol. The molecular weight excluding hydrogens is 170 g/mol. The fraction of sp³-hybridized carbons (Fsp3) is 0.333. The van der Waals surface area contributed by atoms with E-state index in [2.05, 4.69) is 0 Å². The molecule has 0 radical (unpaired) electrons. The molecule has 4 nitrogen and oxygen atoms in total. The third-order valence-electron chi connectivity index (χ3n) is 1.89. The molecule has 4 heteroatoms.